The lowest BCUT2D eigenvalue weighted by Gasteiger charge is -2.33. The molecule has 2 aromatic carbocycles. The van der Waals surface area contributed by atoms with Crippen LogP contribution in [0.5, 0.6) is 0 Å². The lowest BCUT2D eigenvalue weighted by molar-refractivity contribution is -0.138. The molecule has 1 atom stereocenters. The third-order valence-electron chi connectivity index (χ3n) is 8.06. The first-order valence-corrected chi connectivity index (χ1v) is 16.9. The maximum absolute atomic E-state index is 14.4. The summed E-state index contributed by atoms with van der Waals surface area (Å²) in [7, 11) is 0.0376. The van der Waals surface area contributed by atoms with E-state index in [1.165, 1.54) is 25.1 Å². The second-order valence-electron chi connectivity index (χ2n) is 11.6. The highest BCUT2D eigenvalue weighted by Crippen LogP contribution is 2.39. The zero-order chi connectivity index (χ0) is 33.3. The number of aromatic nitrogens is 2. The van der Waals surface area contributed by atoms with Crippen LogP contribution in [-0.4, -0.2) is 73.0 Å². The number of rotatable bonds is 11. The normalized spacial score (nSPS) is 16.5. The van der Waals surface area contributed by atoms with Gasteiger partial charge in [0, 0.05) is 30.5 Å². The summed E-state index contributed by atoms with van der Waals surface area (Å²) in [6.07, 6.45) is -2.55. The zero-order valence-corrected chi connectivity index (χ0v) is 27.5. The van der Waals surface area contributed by atoms with Gasteiger partial charge < -0.3 is 9.88 Å². The van der Waals surface area contributed by atoms with Crippen molar-refractivity contribution >= 4 is 49.7 Å². The van der Waals surface area contributed by atoms with E-state index in [4.69, 9.17) is 23.2 Å². The van der Waals surface area contributed by atoms with Crippen LogP contribution in [0.4, 0.5) is 13.2 Å². The van der Waals surface area contributed by atoms with E-state index in [1.807, 2.05) is 19.0 Å². The molecule has 2 heterocycles. The van der Waals surface area contributed by atoms with Crippen LogP contribution in [0, 0.1) is 5.92 Å². The van der Waals surface area contributed by atoms with Gasteiger partial charge in [-0.2, -0.15) is 13.2 Å². The Labute approximate surface area is 268 Å². The molecule has 1 aliphatic rings. The molecule has 45 heavy (non-hydrogen) atoms. The minimum atomic E-state index is -4.90. The Morgan fingerprint density at radius 3 is 2.49 bits per heavy atom. The van der Waals surface area contributed by atoms with Crippen LogP contribution < -0.4 is 11.2 Å². The lowest BCUT2D eigenvalue weighted by Crippen LogP contribution is -2.39. The number of hydrogen-bond donors (Lipinski definition) is 1. The molecule has 0 amide bonds. The van der Waals surface area contributed by atoms with Crippen molar-refractivity contribution in [2.75, 3.05) is 39.5 Å². The smallest absolute Gasteiger partial charge is 0.309 e. The zero-order valence-electron chi connectivity index (χ0n) is 25.1. The topological polar surface area (TPSA) is 113 Å². The number of nitrogens with one attached hydrogen (secondary N) is 1. The van der Waals surface area contributed by atoms with Crippen molar-refractivity contribution in [2.45, 2.75) is 56.8 Å². The molecule has 1 aliphatic heterocycles. The van der Waals surface area contributed by atoms with Crippen LogP contribution in [0.25, 0.3) is 10.9 Å². The number of aromatic amines is 1. The number of nitrogens with zero attached hydrogens (tertiary/aromatic N) is 3. The fraction of sp³-hybridized carbons (Fsp3) is 0.500. The van der Waals surface area contributed by atoms with E-state index in [1.54, 1.807) is 4.90 Å². The molecule has 3 aromatic rings. The van der Waals surface area contributed by atoms with Gasteiger partial charge in [0.25, 0.3) is 5.56 Å². The van der Waals surface area contributed by atoms with Crippen molar-refractivity contribution in [3.05, 3.63) is 71.8 Å². The first kappa shape index (κ1) is 35.1. The maximum Gasteiger partial charge on any atom is 0.416 e. The van der Waals surface area contributed by atoms with E-state index < -0.39 is 49.8 Å². The van der Waals surface area contributed by atoms with Crippen molar-refractivity contribution in [1.29, 1.82) is 0 Å². The number of halogens is 5. The Bertz CT molecular complexity index is 1820. The summed E-state index contributed by atoms with van der Waals surface area (Å²) in [5, 5.41) is -0.754. The Balaban J connectivity index is 1.74. The third-order valence-corrected chi connectivity index (χ3v) is 10.5. The molecule has 1 N–H and O–H groups in total. The van der Waals surface area contributed by atoms with Gasteiger partial charge in [0.15, 0.2) is 9.84 Å². The number of alkyl halides is 3. The molecule has 0 spiro atoms. The number of hydrogen-bond acceptors (Lipinski definition) is 7. The first-order valence-electron chi connectivity index (χ1n) is 14.5. The van der Waals surface area contributed by atoms with Crippen molar-refractivity contribution in [2.24, 2.45) is 5.92 Å². The van der Waals surface area contributed by atoms with Crippen molar-refractivity contribution in [3.63, 3.8) is 0 Å². The first-order chi connectivity index (χ1) is 21.0. The van der Waals surface area contributed by atoms with Crippen molar-refractivity contribution in [3.8, 4) is 0 Å². The number of likely N-dealkylation sites (tertiary alicyclic amines) is 1. The summed E-state index contributed by atoms with van der Waals surface area (Å²) in [6.45, 7) is 2.10. The fourth-order valence-electron chi connectivity index (χ4n) is 5.71. The molecular formula is C30H35Cl2F3N4O5S. The molecule has 246 valence electrons. The molecule has 9 nitrogen and oxygen atoms in total. The second-order valence-corrected chi connectivity index (χ2v) is 14.6. The fourth-order valence-corrected chi connectivity index (χ4v) is 7.32. The minimum Gasteiger partial charge on any atom is -0.309 e. The molecular weight excluding hydrogens is 656 g/mol. The number of ketones is 1. The third kappa shape index (κ3) is 7.99. The number of carbonyl (C=O) groups excluding carboxylic acids is 1. The predicted octanol–water partition coefficient (Wildman–Crippen LogP) is 4.98. The number of carbonyl (C=O) groups is 1. The highest BCUT2D eigenvalue weighted by Gasteiger charge is 2.37. The average molecular weight is 692 g/mol. The highest BCUT2D eigenvalue weighted by molar-refractivity contribution is 7.91. The molecule has 4 rings (SSSR count). The SMILES string of the molecule is CCS(=O)(=O)c1ccc(Cl)cc1Cn1c(=O)[nH]c2c(Cl)c(CN3CCC[C@@H](C(=O)CCCN(C)C)C3)c(C(F)(F)F)cc2c1=O. The van der Waals surface area contributed by atoms with Gasteiger partial charge in [-0.3, -0.25) is 19.1 Å². The quantitative estimate of drug-likeness (QED) is 0.302. The van der Waals surface area contributed by atoms with Crippen LogP contribution in [0.2, 0.25) is 10.0 Å². The summed E-state index contributed by atoms with van der Waals surface area (Å²) in [6, 6.07) is 4.56. The van der Waals surface area contributed by atoms with Crippen LogP contribution in [-0.2, 0) is 33.9 Å². The van der Waals surface area contributed by atoms with Crippen LogP contribution in [0.3, 0.4) is 0 Å². The number of fused-ring (bicyclic) bond motifs is 1. The predicted molar refractivity (Wildman–Crippen MR) is 168 cm³/mol. The molecule has 0 saturated carbocycles. The molecule has 15 heteroatoms. The van der Waals surface area contributed by atoms with Crippen LogP contribution >= 0.6 is 23.2 Å². The largest absolute Gasteiger partial charge is 0.416 e. The monoisotopic (exact) mass is 690 g/mol. The van der Waals surface area contributed by atoms with Crippen LogP contribution in [0.1, 0.15) is 49.3 Å². The summed E-state index contributed by atoms with van der Waals surface area (Å²) in [4.78, 5) is 45.5. The highest BCUT2D eigenvalue weighted by atomic mass is 35.5. The molecule has 0 bridgehead atoms. The Morgan fingerprint density at radius 2 is 1.84 bits per heavy atom. The van der Waals surface area contributed by atoms with Crippen molar-refractivity contribution < 1.29 is 26.4 Å². The summed E-state index contributed by atoms with van der Waals surface area (Å²) >= 11 is 12.6. The minimum absolute atomic E-state index is 0.0333. The number of Topliss-reactive ketones (excluding diaryl/α,β-unsaturated/α-hetero) is 1. The summed E-state index contributed by atoms with van der Waals surface area (Å²) < 4.78 is 69.3. The van der Waals surface area contributed by atoms with E-state index in [0.29, 0.717) is 42.9 Å². The summed E-state index contributed by atoms with van der Waals surface area (Å²) in [5.74, 6) is -0.503. The lowest BCUT2D eigenvalue weighted by atomic mass is 9.91. The summed E-state index contributed by atoms with van der Waals surface area (Å²) in [5.41, 5.74) is -3.73. The van der Waals surface area contributed by atoms with E-state index in [0.717, 1.165) is 6.54 Å². The van der Waals surface area contributed by atoms with Gasteiger partial charge >= 0.3 is 11.9 Å². The molecule has 0 unspecified atom stereocenters. The molecule has 0 aliphatic carbocycles. The van der Waals surface area contributed by atoms with E-state index in [9.17, 15) is 36.0 Å². The van der Waals surface area contributed by atoms with Gasteiger partial charge in [0.05, 0.1) is 38.7 Å². The van der Waals surface area contributed by atoms with Gasteiger partial charge in [-0.05, 0) is 81.8 Å². The maximum atomic E-state index is 14.4. The van der Waals surface area contributed by atoms with Gasteiger partial charge in [0.1, 0.15) is 5.78 Å². The van der Waals surface area contributed by atoms with E-state index in [-0.39, 0.29) is 57.1 Å². The molecule has 1 aromatic heterocycles. The second kappa shape index (κ2) is 14.0. The Kier molecular flexibility index (Phi) is 10.9. The Morgan fingerprint density at radius 1 is 1.13 bits per heavy atom. The van der Waals surface area contributed by atoms with Gasteiger partial charge in [-0.1, -0.05) is 30.1 Å². The average Bonchev–Trinajstić information content (AvgIpc) is 2.96. The molecule has 1 fully saturated rings. The van der Waals surface area contributed by atoms with Gasteiger partial charge in [-0.15, -0.1) is 0 Å². The molecule has 0 radical (unpaired) electrons. The Hall–Kier alpha value is -2.71. The number of H-pyrrole nitrogens is 1. The van der Waals surface area contributed by atoms with Crippen LogP contribution in [0.15, 0.2) is 38.8 Å². The van der Waals surface area contributed by atoms with E-state index in [2.05, 4.69) is 4.98 Å². The number of piperidine rings is 1. The number of benzene rings is 2. The van der Waals surface area contributed by atoms with Crippen molar-refractivity contribution in [1.82, 2.24) is 19.4 Å². The van der Waals surface area contributed by atoms with Gasteiger partial charge in [0.2, 0.25) is 0 Å². The molecule has 1 saturated heterocycles. The van der Waals surface area contributed by atoms with E-state index >= 15 is 0 Å². The number of sulfone groups is 1. The van der Waals surface area contributed by atoms with Gasteiger partial charge in [-0.25, -0.2) is 13.2 Å². The standard InChI is InChI=1S/C30H35Cl2F3N4O5S/c1-4-45(43,44)25-10-9-20(31)13-19(25)16-39-28(41)21-14-23(30(33,34)35)22(26(32)27(21)36-29(39)42)17-38-12-5-7-18(15-38)24(40)8-6-11-37(2)3/h9-10,13-14,18H,4-8,11-12,15-17H2,1-3H3,(H,36,42)/t18-/m1/s1.